The average Bonchev–Trinajstić information content (AvgIpc) is 2.95. The van der Waals surface area contributed by atoms with E-state index in [1.54, 1.807) is 0 Å². The van der Waals surface area contributed by atoms with Crippen molar-refractivity contribution in [3.05, 3.63) is 0 Å². The number of ether oxygens (including phenoxy) is 1. The number of carboxylic acid groups (broad SMARTS) is 1. The van der Waals surface area contributed by atoms with Gasteiger partial charge >= 0.3 is 11.9 Å². The first-order chi connectivity index (χ1) is 19.7. The van der Waals surface area contributed by atoms with Crippen LogP contribution in [-0.4, -0.2) is 85.7 Å². The number of hydrogen-bond donors (Lipinski definition) is 4. The third-order valence-electron chi connectivity index (χ3n) is 9.36. The van der Waals surface area contributed by atoms with Crippen molar-refractivity contribution >= 4 is 23.0 Å². The van der Waals surface area contributed by atoms with E-state index in [0.29, 0.717) is 77.2 Å². The fourth-order valence-corrected chi connectivity index (χ4v) is 8.06. The van der Waals surface area contributed by atoms with E-state index in [4.69, 9.17) is 24.0 Å². The van der Waals surface area contributed by atoms with Crippen molar-refractivity contribution in [3.8, 4) is 0 Å². The maximum atomic E-state index is 12.9. The zero-order valence-corrected chi connectivity index (χ0v) is 24.4. The Balaban J connectivity index is 1.11. The Bertz CT molecular complexity index is 857. The Hall–Kier alpha value is -1.19. The molecule has 0 heterocycles. The van der Waals surface area contributed by atoms with E-state index in [2.05, 4.69) is 4.89 Å². The van der Waals surface area contributed by atoms with Crippen LogP contribution in [0.2, 0.25) is 0 Å². The zero-order valence-electron chi connectivity index (χ0n) is 23.6. The molecule has 236 valence electrons. The summed E-state index contributed by atoms with van der Waals surface area (Å²) in [6.07, 6.45) is 6.24. The summed E-state index contributed by atoms with van der Waals surface area (Å²) >= 11 is -1.46. The maximum absolute atomic E-state index is 12.9. The van der Waals surface area contributed by atoms with Crippen LogP contribution in [0.25, 0.3) is 0 Å². The largest absolute Gasteiger partial charge is 0.481 e. The summed E-state index contributed by atoms with van der Waals surface area (Å²) < 4.78 is 24.5. The molecule has 0 aromatic rings. The standard InChI is InChI=1S/C28H46O12S/c29-19-2-1-17(15-36-34)18(13-19)16-37-39-22-4-6-23(7-5-22)40-41(35)24-10-8-21(9-11-24)38-28(33)26-14-20(30)3-12-25(26)27(31)32/h17-26,29-30,34H,1-16H2,(H,31,32). The number of rotatable bonds is 12. The highest BCUT2D eigenvalue weighted by atomic mass is 32.2. The zero-order chi connectivity index (χ0) is 29.4. The van der Waals surface area contributed by atoms with Gasteiger partial charge in [0.2, 0.25) is 0 Å². The summed E-state index contributed by atoms with van der Waals surface area (Å²) in [6, 6.07) is 0. The predicted octanol–water partition coefficient (Wildman–Crippen LogP) is 2.91. The molecule has 13 heteroatoms. The summed E-state index contributed by atoms with van der Waals surface area (Å²) in [5.74, 6) is -3.10. The predicted molar refractivity (Wildman–Crippen MR) is 144 cm³/mol. The molecule has 7 atom stereocenters. The maximum Gasteiger partial charge on any atom is 0.310 e. The Morgan fingerprint density at radius 3 is 2.02 bits per heavy atom. The molecular formula is C28H46O12S. The molecule has 0 aromatic carbocycles. The van der Waals surface area contributed by atoms with Crippen molar-refractivity contribution < 1.29 is 58.0 Å². The van der Waals surface area contributed by atoms with Gasteiger partial charge in [-0.3, -0.25) is 19.0 Å². The molecule has 4 rings (SSSR count). The number of hydrogen-bond acceptors (Lipinski definition) is 11. The van der Waals surface area contributed by atoms with E-state index >= 15 is 0 Å². The van der Waals surface area contributed by atoms with Gasteiger partial charge in [-0.25, -0.2) is 18.9 Å². The van der Waals surface area contributed by atoms with Crippen molar-refractivity contribution in [2.24, 2.45) is 23.7 Å². The van der Waals surface area contributed by atoms with Gasteiger partial charge in [-0.05, 0) is 102 Å². The molecule has 0 amide bonds. The van der Waals surface area contributed by atoms with Gasteiger partial charge in [-0.1, -0.05) is 0 Å². The van der Waals surface area contributed by atoms with Gasteiger partial charge in [0.05, 0.1) is 54.7 Å². The minimum absolute atomic E-state index is 0.0495. The lowest BCUT2D eigenvalue weighted by atomic mass is 9.78. The van der Waals surface area contributed by atoms with Crippen LogP contribution in [0, 0.1) is 23.7 Å². The van der Waals surface area contributed by atoms with Crippen molar-refractivity contribution in [1.82, 2.24) is 0 Å². The van der Waals surface area contributed by atoms with E-state index < -0.39 is 41.0 Å². The van der Waals surface area contributed by atoms with Crippen molar-refractivity contribution in [2.75, 3.05) is 13.2 Å². The first-order valence-corrected chi connectivity index (χ1v) is 16.3. The summed E-state index contributed by atoms with van der Waals surface area (Å²) in [5.41, 5.74) is 0. The van der Waals surface area contributed by atoms with Crippen LogP contribution in [0.15, 0.2) is 0 Å². The van der Waals surface area contributed by atoms with Gasteiger partial charge < -0.3 is 20.1 Å². The second-order valence-electron chi connectivity index (χ2n) is 12.3. The third kappa shape index (κ3) is 9.65. The van der Waals surface area contributed by atoms with Crippen LogP contribution in [-0.2, 0) is 44.3 Å². The quantitative estimate of drug-likeness (QED) is 0.145. The number of aliphatic hydroxyl groups excluding tert-OH is 2. The topological polar surface area (TPSA) is 178 Å². The molecule has 0 aliphatic heterocycles. The van der Waals surface area contributed by atoms with Gasteiger partial charge in [0.1, 0.15) is 6.10 Å². The number of aliphatic carboxylic acids is 1. The number of aliphatic hydroxyl groups is 2. The minimum Gasteiger partial charge on any atom is -0.481 e. The second-order valence-corrected chi connectivity index (χ2v) is 13.7. The molecule has 4 saturated carbocycles. The van der Waals surface area contributed by atoms with Gasteiger partial charge in [-0.15, -0.1) is 0 Å². The highest BCUT2D eigenvalue weighted by Crippen LogP contribution is 2.35. The van der Waals surface area contributed by atoms with Crippen LogP contribution in [0.3, 0.4) is 0 Å². The molecule has 41 heavy (non-hydrogen) atoms. The lowest BCUT2D eigenvalue weighted by Crippen LogP contribution is -2.40. The summed E-state index contributed by atoms with van der Waals surface area (Å²) in [5, 5.41) is 38.0. The number of carbonyl (C=O) groups is 2. The summed E-state index contributed by atoms with van der Waals surface area (Å²) in [7, 11) is 0. The Morgan fingerprint density at radius 1 is 0.707 bits per heavy atom. The van der Waals surface area contributed by atoms with E-state index in [0.717, 1.165) is 6.42 Å². The molecule has 0 radical (unpaired) electrons. The van der Waals surface area contributed by atoms with Crippen molar-refractivity contribution in [1.29, 1.82) is 0 Å². The monoisotopic (exact) mass is 606 g/mol. The fraction of sp³-hybridized carbons (Fsp3) is 0.929. The highest BCUT2D eigenvalue weighted by molar-refractivity contribution is 7.80. The van der Waals surface area contributed by atoms with Gasteiger partial charge in [0.15, 0.2) is 11.1 Å². The SMILES string of the molecule is O=C(O)C1CCC(O)CC1C(=O)OC1CCC(S(=O)OC2CCC(OOCC3CC(O)CCC3COO)CC2)CC1. The van der Waals surface area contributed by atoms with Crippen molar-refractivity contribution in [3.63, 3.8) is 0 Å². The first kappa shape index (κ1) is 32.7. The summed E-state index contributed by atoms with van der Waals surface area (Å²) in [6.45, 7) is 0.540. The number of esters is 1. The van der Waals surface area contributed by atoms with Crippen molar-refractivity contribution in [2.45, 2.75) is 126 Å². The molecule has 0 bridgehead atoms. The summed E-state index contributed by atoms with van der Waals surface area (Å²) in [4.78, 5) is 39.7. The van der Waals surface area contributed by atoms with Crippen LogP contribution in [0.4, 0.5) is 0 Å². The Labute approximate surface area is 243 Å². The minimum atomic E-state index is -1.46. The van der Waals surface area contributed by atoms with E-state index in [1.807, 2.05) is 0 Å². The van der Waals surface area contributed by atoms with E-state index in [9.17, 15) is 29.1 Å². The molecule has 7 unspecified atom stereocenters. The lowest BCUT2D eigenvalue weighted by molar-refractivity contribution is -0.340. The molecule has 0 spiro atoms. The molecule has 4 aliphatic rings. The molecule has 4 N–H and O–H groups in total. The molecule has 4 fully saturated rings. The van der Waals surface area contributed by atoms with E-state index in [-0.39, 0.29) is 61.0 Å². The number of carbonyl (C=O) groups excluding carboxylic acids is 1. The molecular weight excluding hydrogens is 560 g/mol. The molecule has 12 nitrogen and oxygen atoms in total. The number of carboxylic acids is 1. The van der Waals surface area contributed by atoms with Crippen LogP contribution >= 0.6 is 0 Å². The van der Waals surface area contributed by atoms with Gasteiger partial charge in [0.25, 0.3) is 0 Å². The van der Waals surface area contributed by atoms with E-state index in [1.165, 1.54) is 0 Å². The Morgan fingerprint density at radius 2 is 1.34 bits per heavy atom. The second kappa shape index (κ2) is 16.0. The van der Waals surface area contributed by atoms with Gasteiger partial charge in [-0.2, -0.15) is 0 Å². The smallest absolute Gasteiger partial charge is 0.310 e. The lowest BCUT2D eigenvalue weighted by Gasteiger charge is -2.34. The first-order valence-electron chi connectivity index (χ1n) is 15.1. The van der Waals surface area contributed by atoms with Crippen LogP contribution in [0.1, 0.15) is 89.9 Å². The molecule has 4 aliphatic carbocycles. The van der Waals surface area contributed by atoms with Crippen LogP contribution < -0.4 is 0 Å². The Kier molecular flexibility index (Phi) is 12.8. The highest BCUT2D eigenvalue weighted by Gasteiger charge is 2.41. The van der Waals surface area contributed by atoms with Crippen LogP contribution in [0.5, 0.6) is 0 Å². The molecule has 0 saturated heterocycles. The third-order valence-corrected chi connectivity index (χ3v) is 10.8. The average molecular weight is 607 g/mol. The normalized spacial score (nSPS) is 39.1. The fourth-order valence-electron chi connectivity index (χ4n) is 6.78. The van der Waals surface area contributed by atoms with Gasteiger partial charge in [0, 0.05) is 0 Å². The molecule has 0 aromatic heterocycles.